The van der Waals surface area contributed by atoms with Gasteiger partial charge in [-0.15, -0.1) is 0 Å². The van der Waals surface area contributed by atoms with Crippen molar-refractivity contribution in [2.45, 2.75) is 19.3 Å². The van der Waals surface area contributed by atoms with E-state index in [4.69, 9.17) is 15.7 Å². The minimum Gasteiger partial charge on any atom is -0.399 e. The molecule has 224 valence electrons. The van der Waals surface area contributed by atoms with Crippen LogP contribution in [-0.2, 0) is 5.41 Å². The largest absolute Gasteiger partial charge is 0.399 e. The molecule has 2 heterocycles. The Hall–Kier alpha value is -6.00. The van der Waals surface area contributed by atoms with Crippen molar-refractivity contribution in [3.63, 3.8) is 0 Å². The van der Waals surface area contributed by atoms with Gasteiger partial charge >= 0.3 is 0 Å². The number of nitrogen functional groups attached to an aromatic ring is 1. The average molecular weight is 605 g/mol. The second-order valence-electron chi connectivity index (χ2n) is 12.9. The molecule has 2 N–H and O–H groups in total. The molecule has 9 rings (SSSR count). The van der Waals surface area contributed by atoms with E-state index in [0.29, 0.717) is 11.5 Å². The number of benzene rings is 6. The van der Waals surface area contributed by atoms with Crippen LogP contribution < -0.4 is 5.73 Å². The van der Waals surface area contributed by atoms with Gasteiger partial charge in [0.05, 0.1) is 22.4 Å². The smallest absolute Gasteiger partial charge is 0.160 e. The van der Waals surface area contributed by atoms with Gasteiger partial charge in [0, 0.05) is 44.3 Å². The molecule has 4 heteroatoms. The second-order valence-corrected chi connectivity index (χ2v) is 12.9. The molecule has 2 aromatic heterocycles. The van der Waals surface area contributed by atoms with Crippen molar-refractivity contribution in [1.82, 2.24) is 14.5 Å². The highest BCUT2D eigenvalue weighted by Gasteiger charge is 2.37. The zero-order valence-electron chi connectivity index (χ0n) is 26.3. The Bertz CT molecular complexity index is 2510. The highest BCUT2D eigenvalue weighted by Crippen LogP contribution is 2.53. The van der Waals surface area contributed by atoms with Crippen molar-refractivity contribution in [3.05, 3.63) is 157 Å². The first-order chi connectivity index (χ1) is 23.0. The van der Waals surface area contributed by atoms with Crippen molar-refractivity contribution >= 4 is 27.5 Å². The van der Waals surface area contributed by atoms with Crippen LogP contribution in [0.4, 0.5) is 5.69 Å². The van der Waals surface area contributed by atoms with Crippen LogP contribution in [0.5, 0.6) is 0 Å². The molecule has 0 atom stereocenters. The Morgan fingerprint density at radius 1 is 0.553 bits per heavy atom. The van der Waals surface area contributed by atoms with Crippen LogP contribution in [0.3, 0.4) is 0 Å². The first-order valence-electron chi connectivity index (χ1n) is 16.1. The fraction of sp³-hybridized carbons (Fsp3) is 0.0698. The van der Waals surface area contributed by atoms with Gasteiger partial charge in [-0.3, -0.25) is 0 Å². The molecule has 0 saturated heterocycles. The molecule has 47 heavy (non-hydrogen) atoms. The van der Waals surface area contributed by atoms with Gasteiger partial charge in [0.2, 0.25) is 0 Å². The summed E-state index contributed by atoms with van der Waals surface area (Å²) in [7, 11) is 0. The summed E-state index contributed by atoms with van der Waals surface area (Å²) >= 11 is 0. The number of hydrogen-bond donors (Lipinski definition) is 1. The molecule has 0 amide bonds. The van der Waals surface area contributed by atoms with Crippen molar-refractivity contribution in [2.75, 3.05) is 5.73 Å². The standard InChI is InChI=1S/C43H32N4/c1-43(2)34-20-8-6-18-32(34)40-35(43)22-23-39-41(40)33-19-7-9-21-38(33)47(39)31-17-11-15-29(25-31)42-45-36(27-12-4-3-5-13-27)26-37(46-42)28-14-10-16-30(44)24-28/h3-26H,44H2,1-2H3. The lowest BCUT2D eigenvalue weighted by Crippen LogP contribution is -2.14. The van der Waals surface area contributed by atoms with E-state index >= 15 is 0 Å². The van der Waals surface area contributed by atoms with Crippen LogP contribution in [-0.4, -0.2) is 14.5 Å². The maximum Gasteiger partial charge on any atom is 0.160 e. The van der Waals surface area contributed by atoms with E-state index < -0.39 is 0 Å². The molecule has 0 spiro atoms. The van der Waals surface area contributed by atoms with Crippen LogP contribution in [0, 0.1) is 0 Å². The maximum absolute atomic E-state index is 6.19. The average Bonchev–Trinajstić information content (AvgIpc) is 3.57. The Balaban J connectivity index is 1.27. The van der Waals surface area contributed by atoms with E-state index in [1.54, 1.807) is 0 Å². The van der Waals surface area contributed by atoms with Crippen molar-refractivity contribution in [1.29, 1.82) is 0 Å². The molecule has 6 aromatic carbocycles. The number of para-hydroxylation sites is 1. The number of nitrogens with zero attached hydrogens (tertiary/aromatic N) is 3. The first kappa shape index (κ1) is 27.3. The van der Waals surface area contributed by atoms with Crippen molar-refractivity contribution < 1.29 is 0 Å². The summed E-state index contributed by atoms with van der Waals surface area (Å²) in [4.78, 5) is 10.2. The Morgan fingerprint density at radius 2 is 1.26 bits per heavy atom. The molecule has 0 bridgehead atoms. The second kappa shape index (κ2) is 10.3. The summed E-state index contributed by atoms with van der Waals surface area (Å²) in [6.45, 7) is 4.68. The summed E-state index contributed by atoms with van der Waals surface area (Å²) in [5.41, 5.74) is 20.3. The van der Waals surface area contributed by atoms with Gasteiger partial charge in [-0.2, -0.15) is 0 Å². The van der Waals surface area contributed by atoms with Crippen LogP contribution in [0.2, 0.25) is 0 Å². The van der Waals surface area contributed by atoms with E-state index in [0.717, 1.165) is 33.8 Å². The number of anilines is 1. The zero-order chi connectivity index (χ0) is 31.7. The van der Waals surface area contributed by atoms with Crippen molar-refractivity contribution in [3.8, 4) is 50.7 Å². The van der Waals surface area contributed by atoms with Crippen molar-refractivity contribution in [2.24, 2.45) is 0 Å². The SMILES string of the molecule is CC1(C)c2ccccc2-c2c1ccc1c2c2ccccc2n1-c1cccc(-c2nc(-c3ccccc3)cc(-c3cccc(N)c3)n2)c1. The highest BCUT2D eigenvalue weighted by atomic mass is 15.0. The van der Waals surface area contributed by atoms with Gasteiger partial charge < -0.3 is 10.3 Å². The molecule has 0 aliphatic heterocycles. The molecule has 0 unspecified atom stereocenters. The minimum absolute atomic E-state index is 0.0640. The van der Waals surface area contributed by atoms with Gasteiger partial charge in [0.25, 0.3) is 0 Å². The predicted molar refractivity (Wildman–Crippen MR) is 195 cm³/mol. The summed E-state index contributed by atoms with van der Waals surface area (Å²) in [6.07, 6.45) is 0. The number of hydrogen-bond acceptors (Lipinski definition) is 3. The molecule has 1 aliphatic carbocycles. The molecule has 1 aliphatic rings. The van der Waals surface area contributed by atoms with Crippen LogP contribution in [0.25, 0.3) is 72.5 Å². The molecule has 0 radical (unpaired) electrons. The zero-order valence-corrected chi connectivity index (χ0v) is 26.3. The lowest BCUT2D eigenvalue weighted by Gasteiger charge is -2.21. The molecular weight excluding hydrogens is 573 g/mol. The number of rotatable bonds is 4. The predicted octanol–water partition coefficient (Wildman–Crippen LogP) is 10.5. The normalized spacial score (nSPS) is 13.1. The fourth-order valence-electron chi connectivity index (χ4n) is 7.49. The lowest BCUT2D eigenvalue weighted by molar-refractivity contribution is 0.661. The van der Waals surface area contributed by atoms with Crippen LogP contribution in [0.15, 0.2) is 146 Å². The summed E-state index contributed by atoms with van der Waals surface area (Å²) in [6, 6.07) is 51.1. The van der Waals surface area contributed by atoms with E-state index in [1.807, 2.05) is 48.5 Å². The lowest BCUT2D eigenvalue weighted by atomic mass is 9.82. The quantitative estimate of drug-likeness (QED) is 0.203. The van der Waals surface area contributed by atoms with Gasteiger partial charge in [0.15, 0.2) is 5.82 Å². The monoisotopic (exact) mass is 604 g/mol. The van der Waals surface area contributed by atoms with Gasteiger partial charge in [-0.25, -0.2) is 9.97 Å². The number of aromatic nitrogens is 3. The van der Waals surface area contributed by atoms with Crippen LogP contribution in [0.1, 0.15) is 25.0 Å². The third kappa shape index (κ3) is 4.22. The summed E-state index contributed by atoms with van der Waals surface area (Å²) in [5, 5.41) is 2.55. The van der Waals surface area contributed by atoms with E-state index in [2.05, 4.69) is 115 Å². The fourth-order valence-corrected chi connectivity index (χ4v) is 7.49. The first-order valence-corrected chi connectivity index (χ1v) is 16.1. The molecule has 4 nitrogen and oxygen atoms in total. The van der Waals surface area contributed by atoms with E-state index in [-0.39, 0.29) is 5.41 Å². The van der Waals surface area contributed by atoms with E-state index in [1.165, 1.54) is 44.1 Å². The Labute approximate surface area is 273 Å². The molecule has 0 saturated carbocycles. The molecule has 0 fully saturated rings. The number of fused-ring (bicyclic) bond motifs is 7. The Kier molecular flexibility index (Phi) is 5.97. The summed E-state index contributed by atoms with van der Waals surface area (Å²) < 4.78 is 2.39. The number of nitrogens with two attached hydrogens (primary N) is 1. The Morgan fingerprint density at radius 3 is 2.11 bits per heavy atom. The van der Waals surface area contributed by atoms with E-state index in [9.17, 15) is 0 Å². The molecular formula is C43H32N4. The topological polar surface area (TPSA) is 56.7 Å². The van der Waals surface area contributed by atoms with Gasteiger partial charge in [0.1, 0.15) is 0 Å². The third-order valence-corrected chi connectivity index (χ3v) is 9.72. The third-order valence-electron chi connectivity index (χ3n) is 9.72. The molecule has 8 aromatic rings. The van der Waals surface area contributed by atoms with Crippen LogP contribution >= 0.6 is 0 Å². The van der Waals surface area contributed by atoms with Gasteiger partial charge in [-0.1, -0.05) is 117 Å². The highest BCUT2D eigenvalue weighted by molar-refractivity contribution is 6.17. The van der Waals surface area contributed by atoms with Gasteiger partial charge in [-0.05, 0) is 64.7 Å². The minimum atomic E-state index is -0.0640. The maximum atomic E-state index is 6.19. The summed E-state index contributed by atoms with van der Waals surface area (Å²) in [5.74, 6) is 0.669.